The lowest BCUT2D eigenvalue weighted by molar-refractivity contribution is -0.123. The van der Waals surface area contributed by atoms with Crippen LogP contribution in [-0.2, 0) is 11.3 Å². The van der Waals surface area contributed by atoms with E-state index in [0.717, 1.165) is 29.0 Å². The summed E-state index contributed by atoms with van der Waals surface area (Å²) >= 11 is 0. The summed E-state index contributed by atoms with van der Waals surface area (Å²) in [4.78, 5) is 12.1. The van der Waals surface area contributed by atoms with Crippen molar-refractivity contribution in [3.8, 4) is 11.5 Å². The fourth-order valence-electron chi connectivity index (χ4n) is 2.59. The Bertz CT molecular complexity index is 695. The lowest BCUT2D eigenvalue weighted by Gasteiger charge is -2.15. The summed E-state index contributed by atoms with van der Waals surface area (Å²) in [5, 5.41) is 2.89. The molecule has 0 saturated heterocycles. The predicted octanol–water partition coefficient (Wildman–Crippen LogP) is 4.68. The first-order valence-corrected chi connectivity index (χ1v) is 9.23. The molecule has 1 N–H and O–H groups in total. The van der Waals surface area contributed by atoms with Gasteiger partial charge < -0.3 is 14.8 Å². The van der Waals surface area contributed by atoms with Crippen molar-refractivity contribution in [1.82, 2.24) is 5.32 Å². The highest BCUT2D eigenvalue weighted by Gasteiger charge is 2.11. The molecule has 140 valence electrons. The van der Waals surface area contributed by atoms with Crippen LogP contribution in [0.4, 0.5) is 0 Å². The predicted molar refractivity (Wildman–Crippen MR) is 105 cm³/mol. The van der Waals surface area contributed by atoms with E-state index in [1.807, 2.05) is 56.3 Å². The van der Waals surface area contributed by atoms with Crippen LogP contribution >= 0.6 is 0 Å². The second-order valence-corrected chi connectivity index (χ2v) is 6.72. The Hall–Kier alpha value is -2.49. The number of hydrogen-bond donors (Lipinski definition) is 1. The second-order valence-electron chi connectivity index (χ2n) is 6.72. The summed E-state index contributed by atoms with van der Waals surface area (Å²) in [7, 11) is 0. The van der Waals surface area contributed by atoms with Gasteiger partial charge in [0.15, 0.2) is 6.61 Å². The zero-order valence-electron chi connectivity index (χ0n) is 16.1. The molecule has 1 amide bonds. The topological polar surface area (TPSA) is 47.6 Å². The van der Waals surface area contributed by atoms with E-state index in [9.17, 15) is 4.79 Å². The quantitative estimate of drug-likeness (QED) is 0.710. The summed E-state index contributed by atoms with van der Waals surface area (Å²) < 4.78 is 11.4. The number of nitrogens with one attached hydrogen (secondary N) is 1. The van der Waals surface area contributed by atoms with E-state index in [2.05, 4.69) is 25.2 Å². The lowest BCUT2D eigenvalue weighted by atomic mass is 9.98. The van der Waals surface area contributed by atoms with Crippen molar-refractivity contribution in [2.24, 2.45) is 0 Å². The van der Waals surface area contributed by atoms with E-state index in [1.165, 1.54) is 0 Å². The van der Waals surface area contributed by atoms with E-state index in [-0.39, 0.29) is 18.6 Å². The minimum Gasteiger partial charge on any atom is -0.491 e. The van der Waals surface area contributed by atoms with Gasteiger partial charge in [-0.3, -0.25) is 4.79 Å². The van der Waals surface area contributed by atoms with Crippen molar-refractivity contribution in [3.05, 3.63) is 59.7 Å². The van der Waals surface area contributed by atoms with Gasteiger partial charge in [0.05, 0.1) is 6.10 Å². The molecule has 0 aliphatic heterocycles. The van der Waals surface area contributed by atoms with Crippen molar-refractivity contribution < 1.29 is 14.3 Å². The molecular weight excluding hydrogens is 326 g/mol. The molecule has 2 rings (SSSR count). The van der Waals surface area contributed by atoms with Gasteiger partial charge in [-0.05, 0) is 55.5 Å². The van der Waals surface area contributed by atoms with Crippen LogP contribution in [0, 0.1) is 0 Å². The number of carbonyl (C=O) groups is 1. The molecule has 0 bridgehead atoms. The first-order chi connectivity index (χ1) is 12.5. The molecule has 1 unspecified atom stereocenters. The van der Waals surface area contributed by atoms with Crippen LogP contribution in [0.15, 0.2) is 48.5 Å². The van der Waals surface area contributed by atoms with Gasteiger partial charge in [-0.15, -0.1) is 0 Å². The normalized spacial score (nSPS) is 11.9. The van der Waals surface area contributed by atoms with Gasteiger partial charge in [-0.25, -0.2) is 0 Å². The van der Waals surface area contributed by atoms with Crippen LogP contribution in [0.3, 0.4) is 0 Å². The largest absolute Gasteiger partial charge is 0.491 e. The number of carbonyl (C=O) groups excluding carboxylic acids is 1. The average Bonchev–Trinajstić information content (AvgIpc) is 2.65. The minimum atomic E-state index is -0.133. The van der Waals surface area contributed by atoms with Crippen LogP contribution in [-0.4, -0.2) is 18.6 Å². The molecule has 0 saturated carbocycles. The number of hydrogen-bond acceptors (Lipinski definition) is 3. The number of rotatable bonds is 9. The molecule has 0 spiro atoms. The van der Waals surface area contributed by atoms with Gasteiger partial charge in [0.25, 0.3) is 5.91 Å². The zero-order chi connectivity index (χ0) is 18.9. The highest BCUT2D eigenvalue weighted by Crippen LogP contribution is 2.28. The molecule has 2 aromatic rings. The van der Waals surface area contributed by atoms with Crippen molar-refractivity contribution >= 4 is 5.91 Å². The van der Waals surface area contributed by atoms with Crippen molar-refractivity contribution in [3.63, 3.8) is 0 Å². The summed E-state index contributed by atoms with van der Waals surface area (Å²) in [6.45, 7) is 8.78. The molecular formula is C22H29NO3. The third-order valence-corrected chi connectivity index (χ3v) is 4.21. The Balaban J connectivity index is 1.83. The second kappa shape index (κ2) is 9.85. The SMILES string of the molecule is CCC(C)c1ccccc1OCC(=O)NCc1ccc(OC(C)C)cc1. The third-order valence-electron chi connectivity index (χ3n) is 4.21. The number of ether oxygens (including phenoxy) is 2. The van der Waals surface area contributed by atoms with Crippen LogP contribution in [0.1, 0.15) is 51.2 Å². The third kappa shape index (κ3) is 6.10. The molecule has 0 aliphatic carbocycles. The maximum Gasteiger partial charge on any atom is 0.258 e. The van der Waals surface area contributed by atoms with Gasteiger partial charge in [-0.1, -0.05) is 44.2 Å². The standard InChI is InChI=1S/C22H29NO3/c1-5-17(4)20-8-6-7-9-21(20)25-15-22(24)23-14-18-10-12-19(13-11-18)26-16(2)3/h6-13,16-17H,5,14-15H2,1-4H3,(H,23,24). The maximum atomic E-state index is 12.1. The van der Waals surface area contributed by atoms with Crippen LogP contribution in [0.25, 0.3) is 0 Å². The Morgan fingerprint density at radius 1 is 1.04 bits per heavy atom. The molecule has 0 radical (unpaired) electrons. The molecule has 26 heavy (non-hydrogen) atoms. The van der Waals surface area contributed by atoms with Gasteiger partial charge in [0.2, 0.25) is 0 Å². The first kappa shape index (κ1) is 19.8. The van der Waals surface area contributed by atoms with Gasteiger partial charge in [0, 0.05) is 6.54 Å². The van der Waals surface area contributed by atoms with Crippen LogP contribution in [0.2, 0.25) is 0 Å². The summed E-state index contributed by atoms with van der Waals surface area (Å²) in [5.41, 5.74) is 2.16. The molecule has 1 atom stereocenters. The summed E-state index contributed by atoms with van der Waals surface area (Å²) in [5.74, 6) is 1.89. The van der Waals surface area contributed by atoms with Crippen molar-refractivity contribution in [2.75, 3.05) is 6.61 Å². The number of benzene rings is 2. The van der Waals surface area contributed by atoms with Gasteiger partial charge in [0.1, 0.15) is 11.5 Å². The van der Waals surface area contributed by atoms with Gasteiger partial charge in [-0.2, -0.15) is 0 Å². The minimum absolute atomic E-state index is 0.0159. The smallest absolute Gasteiger partial charge is 0.258 e. The molecule has 4 nitrogen and oxygen atoms in total. The Morgan fingerprint density at radius 3 is 2.38 bits per heavy atom. The van der Waals surface area contributed by atoms with Crippen LogP contribution in [0.5, 0.6) is 11.5 Å². The monoisotopic (exact) mass is 355 g/mol. The highest BCUT2D eigenvalue weighted by molar-refractivity contribution is 5.77. The van der Waals surface area contributed by atoms with Crippen LogP contribution < -0.4 is 14.8 Å². The molecule has 0 aliphatic rings. The Kier molecular flexibility index (Phi) is 7.52. The maximum absolute atomic E-state index is 12.1. The number of amides is 1. The number of para-hydroxylation sites is 1. The molecule has 0 aromatic heterocycles. The molecule has 0 heterocycles. The Labute approximate surface area is 156 Å². The molecule has 4 heteroatoms. The molecule has 2 aromatic carbocycles. The van der Waals surface area contributed by atoms with E-state index in [1.54, 1.807) is 0 Å². The Morgan fingerprint density at radius 2 is 1.73 bits per heavy atom. The average molecular weight is 355 g/mol. The van der Waals surface area contributed by atoms with E-state index in [0.29, 0.717) is 12.5 Å². The summed E-state index contributed by atoms with van der Waals surface area (Å²) in [6.07, 6.45) is 1.18. The van der Waals surface area contributed by atoms with E-state index in [4.69, 9.17) is 9.47 Å². The van der Waals surface area contributed by atoms with E-state index < -0.39 is 0 Å². The fraction of sp³-hybridized carbons (Fsp3) is 0.409. The summed E-state index contributed by atoms with van der Waals surface area (Å²) in [6, 6.07) is 15.7. The van der Waals surface area contributed by atoms with Gasteiger partial charge >= 0.3 is 0 Å². The lowest BCUT2D eigenvalue weighted by Crippen LogP contribution is -2.28. The van der Waals surface area contributed by atoms with Crippen molar-refractivity contribution in [1.29, 1.82) is 0 Å². The highest BCUT2D eigenvalue weighted by atomic mass is 16.5. The van der Waals surface area contributed by atoms with E-state index >= 15 is 0 Å². The first-order valence-electron chi connectivity index (χ1n) is 9.23. The molecule has 0 fully saturated rings. The zero-order valence-corrected chi connectivity index (χ0v) is 16.1. The fourth-order valence-corrected chi connectivity index (χ4v) is 2.59. The van der Waals surface area contributed by atoms with Crippen molar-refractivity contribution in [2.45, 2.75) is 52.7 Å².